The summed E-state index contributed by atoms with van der Waals surface area (Å²) in [4.78, 5) is 27.0. The van der Waals surface area contributed by atoms with Crippen LogP contribution in [0.3, 0.4) is 0 Å². The highest BCUT2D eigenvalue weighted by molar-refractivity contribution is 7.14. The average molecular weight is 331 g/mol. The molecule has 2 aromatic rings. The Balaban J connectivity index is 1.91. The molecule has 0 atom stereocenters. The Bertz CT molecular complexity index is 624. The summed E-state index contributed by atoms with van der Waals surface area (Å²) in [6, 6.07) is 1.67. The van der Waals surface area contributed by atoms with Crippen LogP contribution in [0.5, 0.6) is 0 Å². The van der Waals surface area contributed by atoms with Gasteiger partial charge in [-0.3, -0.25) is 14.9 Å². The van der Waals surface area contributed by atoms with Crippen LogP contribution in [-0.4, -0.2) is 22.0 Å². The van der Waals surface area contributed by atoms with Crippen molar-refractivity contribution in [2.75, 3.05) is 5.32 Å². The van der Waals surface area contributed by atoms with Gasteiger partial charge < -0.3 is 5.11 Å². The number of carboxylic acid groups (broad SMARTS) is 1. The van der Waals surface area contributed by atoms with Crippen LogP contribution < -0.4 is 5.32 Å². The number of carbonyl (C=O) groups excluding carboxylic acids is 1. The van der Waals surface area contributed by atoms with Gasteiger partial charge in [0.15, 0.2) is 5.13 Å². The number of hydrogen-bond acceptors (Lipinski definition) is 5. The molecule has 2 aromatic heterocycles. The van der Waals surface area contributed by atoms with E-state index in [1.807, 2.05) is 5.38 Å². The van der Waals surface area contributed by atoms with Gasteiger partial charge in [-0.1, -0.05) is 11.6 Å². The van der Waals surface area contributed by atoms with Gasteiger partial charge in [0.25, 0.3) is 5.91 Å². The summed E-state index contributed by atoms with van der Waals surface area (Å²) in [5.41, 5.74) is 0.781. The maximum absolute atomic E-state index is 11.9. The number of carboxylic acids is 1. The Morgan fingerprint density at radius 2 is 2.20 bits per heavy atom. The van der Waals surface area contributed by atoms with Gasteiger partial charge in [0, 0.05) is 11.8 Å². The Morgan fingerprint density at radius 3 is 2.85 bits per heavy atom. The number of aryl methyl sites for hydroxylation is 1. The number of halogens is 1. The predicted molar refractivity (Wildman–Crippen MR) is 80.0 cm³/mol. The third-order valence-corrected chi connectivity index (χ3v) is 4.57. The second-order valence-electron chi connectivity index (χ2n) is 3.94. The summed E-state index contributed by atoms with van der Waals surface area (Å²) in [6.45, 7) is 0. The molecule has 106 valence electrons. The molecule has 20 heavy (non-hydrogen) atoms. The van der Waals surface area contributed by atoms with Crippen molar-refractivity contribution in [1.29, 1.82) is 0 Å². The van der Waals surface area contributed by atoms with Crippen molar-refractivity contribution in [3.8, 4) is 0 Å². The highest BCUT2D eigenvalue weighted by atomic mass is 35.5. The minimum Gasteiger partial charge on any atom is -0.481 e. The first kappa shape index (κ1) is 15.0. The Kier molecular flexibility index (Phi) is 5.11. The lowest BCUT2D eigenvalue weighted by molar-refractivity contribution is -0.137. The fourth-order valence-corrected chi connectivity index (χ4v) is 3.29. The smallest absolute Gasteiger partial charge is 0.303 e. The van der Waals surface area contributed by atoms with E-state index >= 15 is 0 Å². The maximum atomic E-state index is 11.9. The van der Waals surface area contributed by atoms with E-state index < -0.39 is 5.97 Å². The fourth-order valence-electron chi connectivity index (χ4n) is 1.51. The highest BCUT2D eigenvalue weighted by Crippen LogP contribution is 2.24. The molecule has 0 radical (unpaired) electrons. The number of rotatable bonds is 6. The minimum absolute atomic E-state index is 0.115. The Morgan fingerprint density at radius 1 is 1.40 bits per heavy atom. The van der Waals surface area contributed by atoms with Crippen molar-refractivity contribution in [3.05, 3.63) is 32.4 Å². The molecule has 0 aliphatic carbocycles. The quantitative estimate of drug-likeness (QED) is 0.849. The lowest BCUT2D eigenvalue weighted by Gasteiger charge is -1.99. The van der Waals surface area contributed by atoms with Gasteiger partial charge in [0.2, 0.25) is 0 Å². The van der Waals surface area contributed by atoms with E-state index in [4.69, 9.17) is 16.7 Å². The standard InChI is InChI=1S/C12H11ClN2O3S2/c13-8-4-5-19-10(8)11(18)15-12-14-7(6-20-12)2-1-3-9(16)17/h4-6H,1-3H2,(H,16,17)(H,14,15,18). The molecule has 0 saturated heterocycles. The lowest BCUT2D eigenvalue weighted by atomic mass is 10.2. The van der Waals surface area contributed by atoms with Crippen LogP contribution in [0.15, 0.2) is 16.8 Å². The van der Waals surface area contributed by atoms with E-state index in [1.165, 1.54) is 22.7 Å². The van der Waals surface area contributed by atoms with Crippen LogP contribution in [-0.2, 0) is 11.2 Å². The number of thiazole rings is 1. The summed E-state index contributed by atoms with van der Waals surface area (Å²) >= 11 is 8.46. The molecule has 8 heteroatoms. The number of amides is 1. The molecule has 2 heterocycles. The van der Waals surface area contributed by atoms with Crippen molar-refractivity contribution in [2.24, 2.45) is 0 Å². The van der Waals surface area contributed by atoms with Gasteiger partial charge in [0.05, 0.1) is 10.7 Å². The van der Waals surface area contributed by atoms with Gasteiger partial charge in [0.1, 0.15) is 4.88 Å². The SMILES string of the molecule is O=C(O)CCCc1csc(NC(=O)c2sccc2Cl)n1. The summed E-state index contributed by atoms with van der Waals surface area (Å²) in [6.07, 6.45) is 1.23. The van der Waals surface area contributed by atoms with Gasteiger partial charge in [-0.15, -0.1) is 22.7 Å². The van der Waals surface area contributed by atoms with Crippen molar-refractivity contribution < 1.29 is 14.7 Å². The Hall–Kier alpha value is -1.44. The number of anilines is 1. The maximum Gasteiger partial charge on any atom is 0.303 e. The van der Waals surface area contributed by atoms with Crippen LogP contribution in [0.25, 0.3) is 0 Å². The number of aromatic nitrogens is 1. The largest absolute Gasteiger partial charge is 0.481 e. The molecule has 5 nitrogen and oxygen atoms in total. The second-order valence-corrected chi connectivity index (χ2v) is 6.12. The molecule has 0 bridgehead atoms. The van der Waals surface area contributed by atoms with E-state index in [-0.39, 0.29) is 12.3 Å². The lowest BCUT2D eigenvalue weighted by Crippen LogP contribution is -2.10. The third kappa shape index (κ3) is 4.03. The van der Waals surface area contributed by atoms with E-state index in [0.29, 0.717) is 27.9 Å². The molecule has 0 spiro atoms. The third-order valence-electron chi connectivity index (χ3n) is 2.42. The fraction of sp³-hybridized carbons (Fsp3) is 0.250. The molecular weight excluding hydrogens is 320 g/mol. The average Bonchev–Trinajstić information content (AvgIpc) is 2.98. The van der Waals surface area contributed by atoms with Crippen molar-refractivity contribution >= 4 is 51.3 Å². The monoisotopic (exact) mass is 330 g/mol. The topological polar surface area (TPSA) is 79.3 Å². The van der Waals surface area contributed by atoms with E-state index in [0.717, 1.165) is 5.69 Å². The van der Waals surface area contributed by atoms with Crippen LogP contribution in [0, 0.1) is 0 Å². The minimum atomic E-state index is -0.818. The second kappa shape index (κ2) is 6.83. The molecule has 2 N–H and O–H groups in total. The van der Waals surface area contributed by atoms with Crippen LogP contribution in [0.1, 0.15) is 28.2 Å². The van der Waals surface area contributed by atoms with Gasteiger partial charge in [-0.05, 0) is 24.3 Å². The van der Waals surface area contributed by atoms with Crippen LogP contribution in [0.2, 0.25) is 5.02 Å². The molecular formula is C12H11ClN2O3S2. The summed E-state index contributed by atoms with van der Waals surface area (Å²) < 4.78 is 0. The van der Waals surface area contributed by atoms with Crippen molar-refractivity contribution in [3.63, 3.8) is 0 Å². The number of nitrogens with one attached hydrogen (secondary N) is 1. The first-order valence-electron chi connectivity index (χ1n) is 5.77. The zero-order valence-electron chi connectivity index (χ0n) is 10.3. The molecule has 0 aliphatic heterocycles. The molecule has 0 aliphatic rings. The highest BCUT2D eigenvalue weighted by Gasteiger charge is 2.13. The summed E-state index contributed by atoms with van der Waals surface area (Å²) in [5, 5.41) is 15.7. The number of nitrogens with zero attached hydrogens (tertiary/aromatic N) is 1. The molecule has 0 saturated carbocycles. The zero-order chi connectivity index (χ0) is 14.5. The predicted octanol–water partition coefficient (Wildman–Crippen LogP) is 3.52. The van der Waals surface area contributed by atoms with Crippen LogP contribution in [0.4, 0.5) is 5.13 Å². The number of aliphatic carboxylic acids is 1. The van der Waals surface area contributed by atoms with Gasteiger partial charge in [-0.25, -0.2) is 4.98 Å². The molecule has 2 rings (SSSR count). The zero-order valence-corrected chi connectivity index (χ0v) is 12.6. The first-order chi connectivity index (χ1) is 9.56. The van der Waals surface area contributed by atoms with E-state index in [2.05, 4.69) is 10.3 Å². The summed E-state index contributed by atoms with van der Waals surface area (Å²) in [5.74, 6) is -1.10. The Labute approximate surface area is 128 Å². The van der Waals surface area contributed by atoms with Crippen molar-refractivity contribution in [1.82, 2.24) is 4.98 Å². The normalized spacial score (nSPS) is 10.4. The van der Waals surface area contributed by atoms with E-state index in [1.54, 1.807) is 11.4 Å². The molecule has 0 aromatic carbocycles. The molecule has 1 amide bonds. The van der Waals surface area contributed by atoms with Gasteiger partial charge in [-0.2, -0.15) is 0 Å². The molecule has 0 unspecified atom stereocenters. The van der Waals surface area contributed by atoms with Crippen LogP contribution >= 0.6 is 34.3 Å². The van der Waals surface area contributed by atoms with Crippen molar-refractivity contribution in [2.45, 2.75) is 19.3 Å². The van der Waals surface area contributed by atoms with E-state index in [9.17, 15) is 9.59 Å². The summed E-state index contributed by atoms with van der Waals surface area (Å²) in [7, 11) is 0. The first-order valence-corrected chi connectivity index (χ1v) is 7.90. The van der Waals surface area contributed by atoms with Gasteiger partial charge >= 0.3 is 5.97 Å². The number of carbonyl (C=O) groups is 2. The number of thiophene rings is 1. The number of hydrogen-bond donors (Lipinski definition) is 2. The molecule has 0 fully saturated rings.